The minimum atomic E-state index is -0.912. The van der Waals surface area contributed by atoms with Gasteiger partial charge in [0.25, 0.3) is 0 Å². The molecular weight excluding hydrogens is 288 g/mol. The van der Waals surface area contributed by atoms with Gasteiger partial charge in [0.05, 0.1) is 5.56 Å². The molecule has 0 heterocycles. The Labute approximate surface area is 137 Å². The normalized spacial score (nSPS) is 11.0. The molecule has 0 unspecified atom stereocenters. The Bertz CT molecular complexity index is 644. The number of para-hydroxylation sites is 1. The van der Waals surface area contributed by atoms with Gasteiger partial charge in [0.15, 0.2) is 0 Å². The molecule has 2 aromatic rings. The van der Waals surface area contributed by atoms with E-state index in [1.807, 2.05) is 0 Å². The lowest BCUT2D eigenvalue weighted by atomic mass is 9.94. The average molecular weight is 312 g/mol. The highest BCUT2D eigenvalue weighted by molar-refractivity contribution is 5.87. The maximum atomic E-state index is 10.9. The van der Waals surface area contributed by atoms with E-state index in [1.165, 1.54) is 11.1 Å². The summed E-state index contributed by atoms with van der Waals surface area (Å²) >= 11 is 0. The van der Waals surface area contributed by atoms with E-state index in [0.717, 1.165) is 11.3 Å². The van der Waals surface area contributed by atoms with E-state index in [-0.39, 0.29) is 0 Å². The summed E-state index contributed by atoms with van der Waals surface area (Å²) in [7, 11) is 0. The van der Waals surface area contributed by atoms with Crippen LogP contribution in [-0.2, 0) is 6.61 Å². The zero-order chi connectivity index (χ0) is 17.0. The van der Waals surface area contributed by atoms with E-state index in [4.69, 9.17) is 9.84 Å². The topological polar surface area (TPSA) is 46.5 Å². The van der Waals surface area contributed by atoms with Gasteiger partial charge < -0.3 is 9.84 Å². The van der Waals surface area contributed by atoms with Crippen molar-refractivity contribution in [3.63, 3.8) is 0 Å². The molecule has 0 spiro atoms. The fourth-order valence-electron chi connectivity index (χ4n) is 2.55. The molecule has 0 aliphatic rings. The maximum Gasteiger partial charge on any atom is 0.335 e. The van der Waals surface area contributed by atoms with E-state index in [1.54, 1.807) is 24.3 Å². The van der Waals surface area contributed by atoms with E-state index in [0.29, 0.717) is 24.0 Å². The van der Waals surface area contributed by atoms with Crippen LogP contribution in [-0.4, -0.2) is 11.1 Å². The summed E-state index contributed by atoms with van der Waals surface area (Å²) in [5.41, 5.74) is 3.67. The molecule has 2 aromatic carbocycles. The van der Waals surface area contributed by atoms with Crippen molar-refractivity contribution < 1.29 is 14.6 Å². The summed E-state index contributed by atoms with van der Waals surface area (Å²) in [6.07, 6.45) is 0. The van der Waals surface area contributed by atoms with E-state index in [9.17, 15) is 4.79 Å². The van der Waals surface area contributed by atoms with Gasteiger partial charge in [-0.05, 0) is 40.7 Å². The molecular formula is C20H24O3. The second-order valence-corrected chi connectivity index (χ2v) is 6.37. The third-order valence-electron chi connectivity index (χ3n) is 3.90. The predicted octanol–water partition coefficient (Wildman–Crippen LogP) is 5.21. The summed E-state index contributed by atoms with van der Waals surface area (Å²) in [5, 5.41) is 8.95. The molecule has 0 saturated heterocycles. The smallest absolute Gasteiger partial charge is 0.335 e. The van der Waals surface area contributed by atoms with Crippen molar-refractivity contribution >= 4 is 5.97 Å². The van der Waals surface area contributed by atoms with Crippen LogP contribution in [0.5, 0.6) is 5.75 Å². The minimum Gasteiger partial charge on any atom is -0.488 e. The third-order valence-corrected chi connectivity index (χ3v) is 3.90. The third kappa shape index (κ3) is 4.13. The zero-order valence-corrected chi connectivity index (χ0v) is 14.2. The summed E-state index contributed by atoms with van der Waals surface area (Å²) in [4.78, 5) is 10.9. The average Bonchev–Trinajstić information content (AvgIpc) is 2.52. The summed E-state index contributed by atoms with van der Waals surface area (Å²) in [6, 6.07) is 13.1. The Morgan fingerprint density at radius 3 is 1.91 bits per heavy atom. The molecule has 1 N–H and O–H groups in total. The van der Waals surface area contributed by atoms with Crippen LogP contribution >= 0.6 is 0 Å². The highest BCUT2D eigenvalue weighted by Crippen LogP contribution is 2.34. The number of carbonyl (C=O) groups is 1. The van der Waals surface area contributed by atoms with Crippen LogP contribution in [0.2, 0.25) is 0 Å². The van der Waals surface area contributed by atoms with Crippen molar-refractivity contribution in [1.29, 1.82) is 0 Å². The van der Waals surface area contributed by atoms with Crippen molar-refractivity contribution in [1.82, 2.24) is 0 Å². The largest absolute Gasteiger partial charge is 0.488 e. The van der Waals surface area contributed by atoms with Gasteiger partial charge in [-0.1, -0.05) is 58.0 Å². The molecule has 0 aliphatic heterocycles. The summed E-state index contributed by atoms with van der Waals surface area (Å²) in [5.74, 6) is 0.820. The zero-order valence-electron chi connectivity index (χ0n) is 14.2. The van der Waals surface area contributed by atoms with Gasteiger partial charge in [0.2, 0.25) is 0 Å². The van der Waals surface area contributed by atoms with Crippen molar-refractivity contribution in [3.8, 4) is 5.75 Å². The van der Waals surface area contributed by atoms with Crippen molar-refractivity contribution in [2.45, 2.75) is 46.1 Å². The molecule has 0 amide bonds. The van der Waals surface area contributed by atoms with Crippen molar-refractivity contribution in [2.24, 2.45) is 0 Å². The molecule has 0 aliphatic carbocycles. The predicted molar refractivity (Wildman–Crippen MR) is 92.4 cm³/mol. The van der Waals surface area contributed by atoms with E-state index >= 15 is 0 Å². The van der Waals surface area contributed by atoms with Crippen LogP contribution in [0.15, 0.2) is 42.5 Å². The lowest BCUT2D eigenvalue weighted by molar-refractivity contribution is 0.0697. The van der Waals surface area contributed by atoms with Gasteiger partial charge in [-0.2, -0.15) is 0 Å². The number of carboxylic acid groups (broad SMARTS) is 1. The maximum absolute atomic E-state index is 10.9. The van der Waals surface area contributed by atoms with Gasteiger partial charge in [0.1, 0.15) is 12.4 Å². The van der Waals surface area contributed by atoms with Crippen LogP contribution in [0.3, 0.4) is 0 Å². The second-order valence-electron chi connectivity index (χ2n) is 6.37. The van der Waals surface area contributed by atoms with E-state index < -0.39 is 5.97 Å². The molecule has 23 heavy (non-hydrogen) atoms. The molecule has 0 aromatic heterocycles. The Morgan fingerprint density at radius 2 is 1.48 bits per heavy atom. The number of aromatic carboxylic acids is 1. The number of benzene rings is 2. The highest BCUT2D eigenvalue weighted by Gasteiger charge is 2.15. The van der Waals surface area contributed by atoms with Gasteiger partial charge in [-0.3, -0.25) is 0 Å². The number of rotatable bonds is 6. The summed E-state index contributed by atoms with van der Waals surface area (Å²) < 4.78 is 6.13. The second kappa shape index (κ2) is 7.32. The number of ether oxygens (including phenoxy) is 1. The Morgan fingerprint density at radius 1 is 0.957 bits per heavy atom. The van der Waals surface area contributed by atoms with Gasteiger partial charge in [-0.25, -0.2) is 4.79 Å². The van der Waals surface area contributed by atoms with Crippen LogP contribution in [0.25, 0.3) is 0 Å². The standard InChI is InChI=1S/C20H24O3/c1-13(2)17-6-5-7-18(14(3)4)19(17)23-12-15-8-10-16(11-9-15)20(21)22/h5-11,13-14H,12H2,1-4H3,(H,21,22). The molecule has 122 valence electrons. The molecule has 0 bridgehead atoms. The molecule has 3 heteroatoms. The number of hydrogen-bond donors (Lipinski definition) is 1. The molecule has 0 saturated carbocycles. The summed E-state index contributed by atoms with van der Waals surface area (Å²) in [6.45, 7) is 9.08. The van der Waals surface area contributed by atoms with Gasteiger partial charge in [-0.15, -0.1) is 0 Å². The Kier molecular flexibility index (Phi) is 5.43. The lowest BCUT2D eigenvalue weighted by Gasteiger charge is -2.20. The first-order chi connectivity index (χ1) is 10.9. The first-order valence-electron chi connectivity index (χ1n) is 7.98. The monoisotopic (exact) mass is 312 g/mol. The molecule has 2 rings (SSSR count). The number of hydrogen-bond acceptors (Lipinski definition) is 2. The van der Waals surface area contributed by atoms with Crippen molar-refractivity contribution in [3.05, 3.63) is 64.7 Å². The lowest BCUT2D eigenvalue weighted by Crippen LogP contribution is -2.05. The fraction of sp³-hybridized carbons (Fsp3) is 0.350. The SMILES string of the molecule is CC(C)c1cccc(C(C)C)c1OCc1ccc(C(=O)O)cc1. The first-order valence-corrected chi connectivity index (χ1v) is 7.98. The van der Waals surface area contributed by atoms with Crippen LogP contribution in [0.4, 0.5) is 0 Å². The molecule has 3 nitrogen and oxygen atoms in total. The van der Waals surface area contributed by atoms with Crippen molar-refractivity contribution in [2.75, 3.05) is 0 Å². The van der Waals surface area contributed by atoms with Gasteiger partial charge in [0, 0.05) is 0 Å². The quantitative estimate of drug-likeness (QED) is 0.796. The van der Waals surface area contributed by atoms with Crippen LogP contribution < -0.4 is 4.74 Å². The molecule has 0 atom stereocenters. The van der Waals surface area contributed by atoms with Gasteiger partial charge >= 0.3 is 5.97 Å². The van der Waals surface area contributed by atoms with Crippen LogP contribution in [0.1, 0.15) is 66.6 Å². The highest BCUT2D eigenvalue weighted by atomic mass is 16.5. The Hall–Kier alpha value is -2.29. The van der Waals surface area contributed by atoms with Crippen LogP contribution in [0, 0.1) is 0 Å². The minimum absolute atomic E-state index is 0.291. The van der Waals surface area contributed by atoms with E-state index in [2.05, 4.69) is 45.9 Å². The first kappa shape index (κ1) is 17.1. The fourth-order valence-corrected chi connectivity index (χ4v) is 2.55. The number of carboxylic acids is 1. The molecule has 0 fully saturated rings. The molecule has 0 radical (unpaired) electrons. The Balaban J connectivity index is 2.23.